The SMILES string of the molecule is C=CCC(=CC1C[C@H]2CC[C@@]1(C)C2(C)C)C(=O)OC. The molecule has 19 heavy (non-hydrogen) atoms. The molecule has 1 unspecified atom stereocenters. The molecule has 0 aliphatic heterocycles. The molecule has 2 aliphatic rings. The third-order valence-electron chi connectivity index (χ3n) is 6.08. The highest BCUT2D eigenvalue weighted by Crippen LogP contribution is 2.68. The molecule has 2 rings (SSSR count). The van der Waals surface area contributed by atoms with Crippen molar-refractivity contribution in [3.05, 3.63) is 24.3 Å². The maximum Gasteiger partial charge on any atom is 0.333 e. The van der Waals surface area contributed by atoms with Gasteiger partial charge in [0.05, 0.1) is 7.11 Å². The lowest BCUT2D eigenvalue weighted by Crippen LogP contribution is -2.31. The minimum absolute atomic E-state index is 0.205. The standard InChI is InChI=1S/C17H26O2/c1-6-7-12(15(18)19-5)10-14-11-13-8-9-17(14,4)16(13,2)3/h6,10,13-14H,1,7-9,11H2,2-5H3/t13-,14?,17-/m1/s1. The van der Waals surface area contributed by atoms with Crippen LogP contribution in [0.25, 0.3) is 0 Å². The number of hydrogen-bond donors (Lipinski definition) is 0. The van der Waals surface area contributed by atoms with Crippen LogP contribution in [0.4, 0.5) is 0 Å². The maximum absolute atomic E-state index is 11.8. The summed E-state index contributed by atoms with van der Waals surface area (Å²) in [6.45, 7) is 10.9. The summed E-state index contributed by atoms with van der Waals surface area (Å²) >= 11 is 0. The van der Waals surface area contributed by atoms with Crippen molar-refractivity contribution < 1.29 is 9.53 Å². The van der Waals surface area contributed by atoms with Crippen molar-refractivity contribution in [3.63, 3.8) is 0 Å². The molecule has 3 atom stereocenters. The molecular weight excluding hydrogens is 236 g/mol. The van der Waals surface area contributed by atoms with E-state index in [9.17, 15) is 4.79 Å². The van der Waals surface area contributed by atoms with E-state index in [1.807, 2.05) is 0 Å². The summed E-state index contributed by atoms with van der Waals surface area (Å²) in [6.07, 6.45) is 8.38. The van der Waals surface area contributed by atoms with E-state index < -0.39 is 0 Å². The van der Waals surface area contributed by atoms with Crippen LogP contribution in [0, 0.1) is 22.7 Å². The normalized spacial score (nSPS) is 36.3. The predicted octanol–water partition coefficient (Wildman–Crippen LogP) is 4.12. The number of fused-ring (bicyclic) bond motifs is 2. The van der Waals surface area contributed by atoms with Gasteiger partial charge < -0.3 is 4.74 Å². The van der Waals surface area contributed by atoms with Gasteiger partial charge in [-0.3, -0.25) is 0 Å². The van der Waals surface area contributed by atoms with E-state index >= 15 is 0 Å². The highest BCUT2D eigenvalue weighted by molar-refractivity contribution is 5.88. The Morgan fingerprint density at radius 1 is 1.42 bits per heavy atom. The van der Waals surface area contributed by atoms with Crippen LogP contribution in [-0.4, -0.2) is 13.1 Å². The average Bonchev–Trinajstić information content (AvgIpc) is 2.70. The molecule has 0 aromatic rings. The number of ether oxygens (including phenoxy) is 1. The number of methoxy groups -OCH3 is 1. The van der Waals surface area contributed by atoms with Gasteiger partial charge in [-0.2, -0.15) is 0 Å². The molecule has 0 aromatic heterocycles. The number of hydrogen-bond acceptors (Lipinski definition) is 2. The molecule has 106 valence electrons. The molecule has 0 aromatic carbocycles. The number of rotatable bonds is 4. The van der Waals surface area contributed by atoms with Crippen molar-refractivity contribution in [2.24, 2.45) is 22.7 Å². The van der Waals surface area contributed by atoms with Gasteiger partial charge in [-0.1, -0.05) is 32.9 Å². The Balaban J connectivity index is 2.28. The third kappa shape index (κ3) is 2.05. The first kappa shape index (κ1) is 14.4. The molecule has 2 bridgehead atoms. The predicted molar refractivity (Wildman–Crippen MR) is 77.6 cm³/mol. The molecule has 2 fully saturated rings. The van der Waals surface area contributed by atoms with Gasteiger partial charge in [0.15, 0.2) is 0 Å². The van der Waals surface area contributed by atoms with Crippen LogP contribution < -0.4 is 0 Å². The van der Waals surface area contributed by atoms with Crippen LogP contribution >= 0.6 is 0 Å². The first-order valence-corrected chi connectivity index (χ1v) is 7.26. The molecule has 2 heteroatoms. The molecule has 0 heterocycles. The largest absolute Gasteiger partial charge is 0.466 e. The van der Waals surface area contributed by atoms with Crippen molar-refractivity contribution >= 4 is 5.97 Å². The average molecular weight is 262 g/mol. The fourth-order valence-corrected chi connectivity index (χ4v) is 4.27. The molecule has 0 saturated heterocycles. The second-order valence-corrected chi connectivity index (χ2v) is 6.89. The van der Waals surface area contributed by atoms with Crippen molar-refractivity contribution in [2.45, 2.75) is 46.5 Å². The zero-order chi connectivity index (χ0) is 14.3. The van der Waals surface area contributed by atoms with Crippen molar-refractivity contribution in [2.75, 3.05) is 7.11 Å². The molecule has 2 nitrogen and oxygen atoms in total. The van der Waals surface area contributed by atoms with E-state index in [-0.39, 0.29) is 5.97 Å². The van der Waals surface area contributed by atoms with Crippen LogP contribution in [-0.2, 0) is 9.53 Å². The maximum atomic E-state index is 11.8. The summed E-state index contributed by atoms with van der Waals surface area (Å²) in [7, 11) is 1.45. The lowest BCUT2D eigenvalue weighted by molar-refractivity contribution is -0.136. The monoisotopic (exact) mass is 262 g/mol. The van der Waals surface area contributed by atoms with E-state index in [0.717, 1.165) is 11.5 Å². The number of carbonyl (C=O) groups excluding carboxylic acids is 1. The highest BCUT2D eigenvalue weighted by Gasteiger charge is 2.60. The fourth-order valence-electron chi connectivity index (χ4n) is 4.27. The molecule has 0 N–H and O–H groups in total. The van der Waals surface area contributed by atoms with Gasteiger partial charge in [-0.05, 0) is 48.3 Å². The number of allylic oxidation sites excluding steroid dienone is 2. The lowest BCUT2D eigenvalue weighted by Gasteiger charge is -2.38. The van der Waals surface area contributed by atoms with E-state index in [0.29, 0.717) is 23.2 Å². The summed E-state index contributed by atoms with van der Waals surface area (Å²) in [5.74, 6) is 1.08. The Labute approximate surface area is 116 Å². The fraction of sp³-hybridized carbons (Fsp3) is 0.706. The zero-order valence-corrected chi connectivity index (χ0v) is 12.7. The van der Waals surface area contributed by atoms with Gasteiger partial charge in [-0.25, -0.2) is 4.79 Å². The van der Waals surface area contributed by atoms with Crippen LogP contribution in [0.5, 0.6) is 0 Å². The zero-order valence-electron chi connectivity index (χ0n) is 12.7. The smallest absolute Gasteiger partial charge is 0.333 e. The molecule has 2 saturated carbocycles. The summed E-state index contributed by atoms with van der Waals surface area (Å²) in [6, 6.07) is 0. The Kier molecular flexibility index (Phi) is 3.63. The van der Waals surface area contributed by atoms with Gasteiger partial charge in [0.25, 0.3) is 0 Å². The minimum Gasteiger partial charge on any atom is -0.466 e. The Bertz CT molecular complexity index is 419. The minimum atomic E-state index is -0.205. The van der Waals surface area contributed by atoms with Gasteiger partial charge >= 0.3 is 5.97 Å². The van der Waals surface area contributed by atoms with Gasteiger partial charge in [0.2, 0.25) is 0 Å². The van der Waals surface area contributed by atoms with E-state index in [4.69, 9.17) is 4.74 Å². The van der Waals surface area contributed by atoms with Crippen molar-refractivity contribution in [1.29, 1.82) is 0 Å². The molecule has 0 spiro atoms. The third-order valence-corrected chi connectivity index (χ3v) is 6.08. The summed E-state index contributed by atoms with van der Waals surface area (Å²) in [5, 5.41) is 0. The summed E-state index contributed by atoms with van der Waals surface area (Å²) in [5.41, 5.74) is 1.47. The molecule has 0 radical (unpaired) electrons. The van der Waals surface area contributed by atoms with Crippen LogP contribution in [0.15, 0.2) is 24.3 Å². The lowest BCUT2D eigenvalue weighted by atomic mass is 9.66. The Morgan fingerprint density at radius 3 is 2.53 bits per heavy atom. The summed E-state index contributed by atoms with van der Waals surface area (Å²) in [4.78, 5) is 11.8. The Morgan fingerprint density at radius 2 is 2.11 bits per heavy atom. The van der Waals surface area contributed by atoms with E-state index in [2.05, 4.69) is 33.4 Å². The van der Waals surface area contributed by atoms with Crippen LogP contribution in [0.1, 0.15) is 46.5 Å². The van der Waals surface area contributed by atoms with Crippen LogP contribution in [0.2, 0.25) is 0 Å². The highest BCUT2D eigenvalue weighted by atomic mass is 16.5. The first-order valence-electron chi connectivity index (χ1n) is 7.26. The van der Waals surface area contributed by atoms with E-state index in [1.54, 1.807) is 6.08 Å². The number of carbonyl (C=O) groups is 1. The molecule has 2 aliphatic carbocycles. The van der Waals surface area contributed by atoms with Gasteiger partial charge in [-0.15, -0.1) is 6.58 Å². The second kappa shape index (κ2) is 4.81. The first-order chi connectivity index (χ1) is 8.86. The van der Waals surface area contributed by atoms with E-state index in [1.165, 1.54) is 26.4 Å². The van der Waals surface area contributed by atoms with Crippen molar-refractivity contribution in [3.8, 4) is 0 Å². The Hall–Kier alpha value is -1.05. The molecular formula is C17H26O2. The van der Waals surface area contributed by atoms with Gasteiger partial charge in [0, 0.05) is 5.57 Å². The molecule has 0 amide bonds. The van der Waals surface area contributed by atoms with Gasteiger partial charge in [0.1, 0.15) is 0 Å². The summed E-state index contributed by atoms with van der Waals surface area (Å²) < 4.78 is 4.89. The van der Waals surface area contributed by atoms with Crippen molar-refractivity contribution in [1.82, 2.24) is 0 Å². The topological polar surface area (TPSA) is 26.3 Å². The second-order valence-electron chi connectivity index (χ2n) is 6.89. The van der Waals surface area contributed by atoms with Crippen LogP contribution in [0.3, 0.4) is 0 Å². The quantitative estimate of drug-likeness (QED) is 0.433. The number of esters is 1.